The number of alkyl halides is 2. The summed E-state index contributed by atoms with van der Waals surface area (Å²) in [7, 11) is 1.99. The first-order valence-corrected chi connectivity index (χ1v) is 10.1. The van der Waals surface area contributed by atoms with E-state index in [0.29, 0.717) is 6.54 Å². The lowest BCUT2D eigenvalue weighted by atomic mass is 9.78. The highest BCUT2D eigenvalue weighted by molar-refractivity contribution is 7.17. The highest BCUT2D eigenvalue weighted by atomic mass is 32.1. The Morgan fingerprint density at radius 2 is 2.22 bits per heavy atom. The number of hydrogen-bond acceptors (Lipinski definition) is 4. The van der Waals surface area contributed by atoms with E-state index in [0.717, 1.165) is 24.5 Å². The van der Waals surface area contributed by atoms with Gasteiger partial charge in [-0.15, -0.1) is 11.3 Å². The van der Waals surface area contributed by atoms with E-state index in [4.69, 9.17) is 0 Å². The van der Waals surface area contributed by atoms with E-state index >= 15 is 0 Å². The number of thiophene rings is 1. The summed E-state index contributed by atoms with van der Waals surface area (Å²) in [6.45, 7) is 0.604. The molecule has 1 aliphatic heterocycles. The molecule has 1 aliphatic carbocycles. The van der Waals surface area contributed by atoms with Gasteiger partial charge in [-0.2, -0.15) is 0 Å². The van der Waals surface area contributed by atoms with Gasteiger partial charge in [-0.1, -0.05) is 18.2 Å². The highest BCUT2D eigenvalue weighted by Gasteiger charge is 2.39. The molecule has 1 aromatic heterocycles. The zero-order chi connectivity index (χ0) is 19.3. The summed E-state index contributed by atoms with van der Waals surface area (Å²) in [5.41, 5.74) is 3.63. The molecule has 27 heavy (non-hydrogen) atoms. The van der Waals surface area contributed by atoms with Gasteiger partial charge in [-0.05, 0) is 48.5 Å². The van der Waals surface area contributed by atoms with Gasteiger partial charge in [0.15, 0.2) is 0 Å². The maximum Gasteiger partial charge on any atom is 0.250 e. The summed E-state index contributed by atoms with van der Waals surface area (Å²) >= 11 is 1.74. The lowest BCUT2D eigenvalue weighted by Crippen LogP contribution is -2.45. The molecule has 0 fully saturated rings. The van der Waals surface area contributed by atoms with Crippen LogP contribution in [-0.2, 0) is 11.2 Å². The molecule has 3 nitrogen and oxygen atoms in total. The number of carbonyl (C=O) groups excluding carboxylic acids is 1. The summed E-state index contributed by atoms with van der Waals surface area (Å²) in [4.78, 5) is 14.9. The maximum absolute atomic E-state index is 13.6. The van der Waals surface area contributed by atoms with Crippen molar-refractivity contribution in [2.24, 2.45) is 11.8 Å². The van der Waals surface area contributed by atoms with Gasteiger partial charge in [-0.3, -0.25) is 9.69 Å². The monoisotopic (exact) mass is 391 g/mol. The minimum absolute atomic E-state index is 0.211. The van der Waals surface area contributed by atoms with Crippen LogP contribution in [0.25, 0.3) is 15.7 Å². The van der Waals surface area contributed by atoms with Crippen LogP contribution >= 0.6 is 11.3 Å². The van der Waals surface area contributed by atoms with E-state index in [1.807, 2.05) is 19.2 Å². The van der Waals surface area contributed by atoms with E-state index in [1.54, 1.807) is 11.3 Å². The first-order chi connectivity index (χ1) is 12.8. The number of aliphatic hydroxyl groups is 1. The summed E-state index contributed by atoms with van der Waals surface area (Å²) in [5, 5.41) is 12.8. The van der Waals surface area contributed by atoms with Gasteiger partial charge in [0, 0.05) is 35.0 Å². The van der Waals surface area contributed by atoms with E-state index < -0.39 is 24.4 Å². The van der Waals surface area contributed by atoms with E-state index in [9.17, 15) is 18.7 Å². The van der Waals surface area contributed by atoms with Crippen molar-refractivity contribution < 1.29 is 18.7 Å². The lowest BCUT2D eigenvalue weighted by molar-refractivity contribution is -0.129. The number of hydrogen-bond donors (Lipinski definition) is 1. The summed E-state index contributed by atoms with van der Waals surface area (Å²) in [6, 6.07) is 6.45. The first kappa shape index (κ1) is 18.7. The van der Waals surface area contributed by atoms with E-state index in [2.05, 4.69) is 22.4 Å². The van der Waals surface area contributed by atoms with Crippen LogP contribution in [0, 0.1) is 11.8 Å². The Hall–Kier alpha value is -1.63. The van der Waals surface area contributed by atoms with Crippen LogP contribution in [0.15, 0.2) is 29.7 Å². The molecule has 4 rings (SSSR count). The molecule has 0 spiro atoms. The quantitative estimate of drug-likeness (QED) is 0.838. The van der Waals surface area contributed by atoms with Gasteiger partial charge in [-0.25, -0.2) is 8.78 Å². The van der Waals surface area contributed by atoms with Crippen molar-refractivity contribution in [2.75, 3.05) is 20.2 Å². The van der Waals surface area contributed by atoms with Crippen LogP contribution in [0.4, 0.5) is 8.78 Å². The lowest BCUT2D eigenvalue weighted by Gasteiger charge is -2.39. The highest BCUT2D eigenvalue weighted by Crippen LogP contribution is 2.43. The van der Waals surface area contributed by atoms with Gasteiger partial charge >= 0.3 is 0 Å². The molecule has 0 bridgehead atoms. The van der Waals surface area contributed by atoms with Crippen molar-refractivity contribution in [3.05, 3.63) is 40.8 Å². The topological polar surface area (TPSA) is 40.5 Å². The second-order valence-corrected chi connectivity index (χ2v) is 8.75. The van der Waals surface area contributed by atoms with Crippen molar-refractivity contribution in [1.82, 2.24) is 4.90 Å². The van der Waals surface area contributed by atoms with Crippen LogP contribution in [0.1, 0.15) is 24.5 Å². The average molecular weight is 391 g/mol. The standard InChI is InChI=1S/C21H23F2NO2S/c1-21(22,23)14(10-25)8-18(26)12-6-16-15-4-3-5-19-20(15)13(11-27-19)7-17(16)24(2)9-12/h3-6,11-12,14,17,25H,7-10H2,1-2H3. The average Bonchev–Trinajstić information content (AvgIpc) is 3.03. The van der Waals surface area contributed by atoms with Crippen molar-refractivity contribution >= 4 is 32.8 Å². The molecule has 3 atom stereocenters. The van der Waals surface area contributed by atoms with Gasteiger partial charge in [0.25, 0.3) is 5.92 Å². The fraction of sp³-hybridized carbons (Fsp3) is 0.476. The second kappa shape index (κ2) is 6.76. The minimum Gasteiger partial charge on any atom is -0.396 e. The first-order valence-electron chi connectivity index (χ1n) is 9.22. The molecular formula is C21H23F2NO2S. The smallest absolute Gasteiger partial charge is 0.250 e. The van der Waals surface area contributed by atoms with Crippen molar-refractivity contribution in [3.63, 3.8) is 0 Å². The van der Waals surface area contributed by atoms with E-state index in [-0.39, 0.29) is 18.2 Å². The SMILES string of the molecule is CN1CC(C(=O)CC(CO)C(C)(F)F)C=C2c3cccc4scc(c34)CC21. The van der Waals surface area contributed by atoms with Gasteiger partial charge in [0.1, 0.15) is 5.78 Å². The molecule has 3 unspecified atom stereocenters. The van der Waals surface area contributed by atoms with Gasteiger partial charge < -0.3 is 5.11 Å². The third-order valence-corrected chi connectivity index (χ3v) is 6.95. The molecule has 2 heterocycles. The van der Waals surface area contributed by atoms with Crippen molar-refractivity contribution in [1.29, 1.82) is 0 Å². The number of halogens is 2. The Morgan fingerprint density at radius 3 is 2.93 bits per heavy atom. The molecule has 1 aromatic carbocycles. The Balaban J connectivity index is 1.68. The Kier molecular flexibility index (Phi) is 4.69. The number of rotatable bonds is 5. The molecule has 0 saturated carbocycles. The number of benzene rings is 1. The fourth-order valence-electron chi connectivity index (χ4n) is 4.34. The van der Waals surface area contributed by atoms with E-state index in [1.165, 1.54) is 15.6 Å². The van der Waals surface area contributed by atoms with Crippen molar-refractivity contribution in [3.8, 4) is 0 Å². The Bertz CT molecular complexity index is 915. The fourth-order valence-corrected chi connectivity index (χ4v) is 5.34. The number of Topliss-reactive ketones (excluding diaryl/α,β-unsaturated/α-hetero) is 1. The zero-order valence-corrected chi connectivity index (χ0v) is 16.2. The minimum atomic E-state index is -3.07. The van der Waals surface area contributed by atoms with Crippen LogP contribution in [0.2, 0.25) is 0 Å². The summed E-state index contributed by atoms with van der Waals surface area (Å²) in [5.74, 6) is -5.04. The molecule has 1 N–H and O–H groups in total. The van der Waals surface area contributed by atoms with Crippen LogP contribution < -0.4 is 0 Å². The van der Waals surface area contributed by atoms with Crippen LogP contribution in [0.3, 0.4) is 0 Å². The predicted molar refractivity (Wildman–Crippen MR) is 104 cm³/mol. The second-order valence-electron chi connectivity index (χ2n) is 7.83. The molecule has 0 amide bonds. The van der Waals surface area contributed by atoms with Crippen molar-refractivity contribution in [2.45, 2.75) is 31.7 Å². The number of likely N-dealkylation sites (N-methyl/N-ethyl adjacent to an activating group) is 1. The number of aliphatic hydroxyl groups excluding tert-OH is 1. The van der Waals surface area contributed by atoms with Gasteiger partial charge in [0.05, 0.1) is 12.5 Å². The number of fused-ring (bicyclic) bond motifs is 2. The third-order valence-electron chi connectivity index (χ3n) is 5.95. The summed E-state index contributed by atoms with van der Waals surface area (Å²) < 4.78 is 28.4. The molecule has 6 heteroatoms. The Morgan fingerprint density at radius 1 is 1.44 bits per heavy atom. The largest absolute Gasteiger partial charge is 0.396 e. The number of nitrogens with zero attached hydrogens (tertiary/aromatic N) is 1. The summed E-state index contributed by atoms with van der Waals surface area (Å²) in [6.07, 6.45) is 2.60. The molecule has 0 radical (unpaired) electrons. The number of carbonyl (C=O) groups is 1. The zero-order valence-electron chi connectivity index (χ0n) is 15.4. The molecule has 0 saturated heterocycles. The normalized spacial score (nSPS) is 23.8. The number of ketones is 1. The molecule has 2 aliphatic rings. The third kappa shape index (κ3) is 3.24. The predicted octanol–water partition coefficient (Wildman–Crippen LogP) is 3.99. The Labute approximate surface area is 161 Å². The van der Waals surface area contributed by atoms with Crippen LogP contribution in [-0.4, -0.2) is 48.0 Å². The van der Waals surface area contributed by atoms with Gasteiger partial charge in [0.2, 0.25) is 0 Å². The molecule has 2 aromatic rings. The van der Waals surface area contributed by atoms with Crippen LogP contribution in [0.5, 0.6) is 0 Å². The maximum atomic E-state index is 13.6. The molecule has 144 valence electrons. The molecular weight excluding hydrogens is 368 g/mol.